The number of Topliss-reactive ketones (excluding diaryl/α,β-unsaturated/α-hetero) is 1. The average molecular weight is 413 g/mol. The third-order valence-corrected chi connectivity index (χ3v) is 4.78. The fourth-order valence-electron chi connectivity index (χ4n) is 3.09. The van der Waals surface area contributed by atoms with Crippen LogP contribution < -0.4 is 10.3 Å². The molecule has 0 aromatic carbocycles. The highest BCUT2D eigenvalue weighted by Crippen LogP contribution is 2.23. The van der Waals surface area contributed by atoms with E-state index >= 15 is 0 Å². The standard InChI is InChI=1S/C22H21F2N3O3/c1-5-15-9-25-18(14(4)28)8-20(15)27-12(2)6-21(13(3)22(27)29)30-11-19-17(24)7-16(23)10-26-19/h6-10H,5,11H2,1-4H3. The van der Waals surface area contributed by atoms with Crippen LogP contribution in [-0.4, -0.2) is 20.3 Å². The summed E-state index contributed by atoms with van der Waals surface area (Å²) < 4.78 is 33.9. The Hall–Kier alpha value is -3.42. The predicted molar refractivity (Wildman–Crippen MR) is 107 cm³/mol. The predicted octanol–water partition coefficient (Wildman–Crippen LogP) is 3.87. The van der Waals surface area contributed by atoms with Gasteiger partial charge in [-0.25, -0.2) is 8.78 Å². The zero-order chi connectivity index (χ0) is 22.0. The van der Waals surface area contributed by atoms with Gasteiger partial charge in [-0.2, -0.15) is 0 Å². The van der Waals surface area contributed by atoms with E-state index in [0.29, 0.717) is 23.4 Å². The molecular formula is C22H21F2N3O3. The first-order valence-electron chi connectivity index (χ1n) is 9.39. The molecule has 0 saturated carbocycles. The van der Waals surface area contributed by atoms with Crippen molar-refractivity contribution in [2.75, 3.05) is 0 Å². The van der Waals surface area contributed by atoms with Crippen LogP contribution in [0.25, 0.3) is 5.69 Å². The van der Waals surface area contributed by atoms with E-state index in [0.717, 1.165) is 17.8 Å². The van der Waals surface area contributed by atoms with Gasteiger partial charge in [0.25, 0.3) is 5.56 Å². The Labute approximate surface area is 172 Å². The van der Waals surface area contributed by atoms with Gasteiger partial charge in [-0.1, -0.05) is 6.92 Å². The Morgan fingerprint density at radius 3 is 2.50 bits per heavy atom. The molecule has 0 atom stereocenters. The third-order valence-electron chi connectivity index (χ3n) is 4.78. The molecule has 0 unspecified atom stereocenters. The van der Waals surface area contributed by atoms with Gasteiger partial charge < -0.3 is 4.74 Å². The summed E-state index contributed by atoms with van der Waals surface area (Å²) in [6.07, 6.45) is 3.13. The fraction of sp³-hybridized carbons (Fsp3) is 0.273. The van der Waals surface area contributed by atoms with Crippen molar-refractivity contribution in [1.29, 1.82) is 0 Å². The Kier molecular flexibility index (Phi) is 6.05. The van der Waals surface area contributed by atoms with Crippen molar-refractivity contribution in [2.24, 2.45) is 0 Å². The summed E-state index contributed by atoms with van der Waals surface area (Å²) in [6, 6.07) is 3.99. The number of rotatable bonds is 6. The highest BCUT2D eigenvalue weighted by molar-refractivity contribution is 5.92. The molecule has 0 saturated heterocycles. The molecule has 0 spiro atoms. The van der Waals surface area contributed by atoms with Crippen molar-refractivity contribution >= 4 is 5.78 Å². The molecule has 0 bridgehead atoms. The van der Waals surface area contributed by atoms with Crippen molar-refractivity contribution in [3.05, 3.63) is 80.8 Å². The molecule has 0 aliphatic heterocycles. The van der Waals surface area contributed by atoms with E-state index < -0.39 is 11.6 Å². The third kappa shape index (κ3) is 4.12. The van der Waals surface area contributed by atoms with Gasteiger partial charge in [0.05, 0.1) is 17.4 Å². The maximum absolute atomic E-state index is 13.8. The van der Waals surface area contributed by atoms with Gasteiger partial charge in [0.15, 0.2) is 11.6 Å². The molecule has 6 nitrogen and oxygen atoms in total. The van der Waals surface area contributed by atoms with Crippen LogP contribution in [0.2, 0.25) is 0 Å². The molecule has 3 heterocycles. The molecule has 0 fully saturated rings. The van der Waals surface area contributed by atoms with Crippen molar-refractivity contribution in [3.8, 4) is 11.4 Å². The topological polar surface area (TPSA) is 74.1 Å². The molecule has 3 rings (SSSR count). The Bertz CT molecular complexity index is 1190. The molecule has 3 aromatic heterocycles. The zero-order valence-electron chi connectivity index (χ0n) is 17.1. The maximum atomic E-state index is 13.8. The van der Waals surface area contributed by atoms with Gasteiger partial charge >= 0.3 is 0 Å². The minimum atomic E-state index is -0.821. The number of carbonyl (C=O) groups excluding carboxylic acids is 1. The fourth-order valence-corrected chi connectivity index (χ4v) is 3.09. The van der Waals surface area contributed by atoms with E-state index in [1.807, 2.05) is 6.92 Å². The highest BCUT2D eigenvalue weighted by atomic mass is 19.1. The SMILES string of the molecule is CCc1cnc(C(C)=O)cc1-n1c(C)cc(OCc2ncc(F)cc2F)c(C)c1=O. The van der Waals surface area contributed by atoms with Gasteiger partial charge in [-0.3, -0.25) is 24.1 Å². The summed E-state index contributed by atoms with van der Waals surface area (Å²) in [5.41, 5.74) is 2.16. The number of carbonyl (C=O) groups is 1. The van der Waals surface area contributed by atoms with E-state index in [-0.39, 0.29) is 35.1 Å². The van der Waals surface area contributed by atoms with Crippen molar-refractivity contribution in [2.45, 2.75) is 40.7 Å². The lowest BCUT2D eigenvalue weighted by molar-refractivity contribution is 0.101. The number of aryl methyl sites for hydroxylation is 2. The van der Waals surface area contributed by atoms with Crippen LogP contribution in [0.1, 0.15) is 46.9 Å². The van der Waals surface area contributed by atoms with Gasteiger partial charge in [-0.05, 0) is 31.9 Å². The summed E-state index contributed by atoms with van der Waals surface area (Å²) in [6.45, 7) is 6.43. The minimum absolute atomic E-state index is 0.0638. The molecule has 8 heteroatoms. The molecule has 0 amide bonds. The van der Waals surface area contributed by atoms with E-state index in [1.54, 1.807) is 32.2 Å². The number of ketones is 1. The van der Waals surface area contributed by atoms with Crippen LogP contribution in [0.15, 0.2) is 35.4 Å². The molecule has 156 valence electrons. The van der Waals surface area contributed by atoms with Crippen molar-refractivity contribution < 1.29 is 18.3 Å². The van der Waals surface area contributed by atoms with Gasteiger partial charge in [0.2, 0.25) is 0 Å². The van der Waals surface area contributed by atoms with Crippen LogP contribution in [-0.2, 0) is 13.0 Å². The largest absolute Gasteiger partial charge is 0.487 e. The second kappa shape index (κ2) is 8.52. The quantitative estimate of drug-likeness (QED) is 0.574. The minimum Gasteiger partial charge on any atom is -0.487 e. The number of halogens is 2. The number of hydrogen-bond acceptors (Lipinski definition) is 5. The number of aromatic nitrogens is 3. The molecule has 3 aromatic rings. The number of nitrogens with zero attached hydrogens (tertiary/aromatic N) is 3. The normalized spacial score (nSPS) is 10.9. The lowest BCUT2D eigenvalue weighted by atomic mass is 10.1. The van der Waals surface area contributed by atoms with Crippen LogP contribution in [0.5, 0.6) is 5.75 Å². The lowest BCUT2D eigenvalue weighted by Gasteiger charge is -2.18. The summed E-state index contributed by atoms with van der Waals surface area (Å²) in [4.78, 5) is 32.7. The monoisotopic (exact) mass is 413 g/mol. The van der Waals surface area contributed by atoms with Crippen LogP contribution in [0, 0.1) is 25.5 Å². The molecule has 0 N–H and O–H groups in total. The smallest absolute Gasteiger partial charge is 0.261 e. The summed E-state index contributed by atoms with van der Waals surface area (Å²) in [5.74, 6) is -1.52. The number of hydrogen-bond donors (Lipinski definition) is 0. The molecule has 0 radical (unpaired) electrons. The first kappa shape index (κ1) is 21.3. The number of ether oxygens (including phenoxy) is 1. The van der Waals surface area contributed by atoms with Gasteiger partial charge in [0, 0.05) is 30.9 Å². The summed E-state index contributed by atoms with van der Waals surface area (Å²) >= 11 is 0. The second-order valence-electron chi connectivity index (χ2n) is 6.89. The van der Waals surface area contributed by atoms with E-state index in [2.05, 4.69) is 9.97 Å². The zero-order valence-corrected chi connectivity index (χ0v) is 17.1. The van der Waals surface area contributed by atoms with Crippen LogP contribution >= 0.6 is 0 Å². The lowest BCUT2D eigenvalue weighted by Crippen LogP contribution is -2.25. The molecule has 0 aliphatic carbocycles. The van der Waals surface area contributed by atoms with Crippen molar-refractivity contribution in [3.63, 3.8) is 0 Å². The Morgan fingerprint density at radius 1 is 1.13 bits per heavy atom. The van der Waals surface area contributed by atoms with E-state index in [9.17, 15) is 18.4 Å². The van der Waals surface area contributed by atoms with Crippen LogP contribution in [0.4, 0.5) is 8.78 Å². The van der Waals surface area contributed by atoms with Crippen LogP contribution in [0.3, 0.4) is 0 Å². The Balaban J connectivity index is 2.02. The molecule has 30 heavy (non-hydrogen) atoms. The van der Waals surface area contributed by atoms with Gasteiger partial charge in [0.1, 0.15) is 29.6 Å². The summed E-state index contributed by atoms with van der Waals surface area (Å²) in [5, 5.41) is 0. The van der Waals surface area contributed by atoms with Crippen molar-refractivity contribution in [1.82, 2.24) is 14.5 Å². The van der Waals surface area contributed by atoms with E-state index in [4.69, 9.17) is 4.74 Å². The summed E-state index contributed by atoms with van der Waals surface area (Å²) in [7, 11) is 0. The second-order valence-corrected chi connectivity index (χ2v) is 6.89. The van der Waals surface area contributed by atoms with Gasteiger partial charge in [-0.15, -0.1) is 0 Å². The molecular weight excluding hydrogens is 392 g/mol. The maximum Gasteiger partial charge on any atom is 0.261 e. The average Bonchev–Trinajstić information content (AvgIpc) is 2.70. The number of pyridine rings is 3. The highest BCUT2D eigenvalue weighted by Gasteiger charge is 2.17. The molecule has 0 aliphatic rings. The first-order chi connectivity index (χ1) is 14.2. The first-order valence-corrected chi connectivity index (χ1v) is 9.39. The van der Waals surface area contributed by atoms with E-state index in [1.165, 1.54) is 11.5 Å². The Morgan fingerprint density at radius 2 is 1.87 bits per heavy atom.